The maximum absolute atomic E-state index is 13.4. The van der Waals surface area contributed by atoms with Crippen LogP contribution in [-0.4, -0.2) is 62.8 Å². The molecule has 0 bridgehead atoms. The summed E-state index contributed by atoms with van der Waals surface area (Å²) in [5.74, 6) is 0.287. The highest BCUT2D eigenvalue weighted by atomic mass is 19.1. The summed E-state index contributed by atoms with van der Waals surface area (Å²) in [6.45, 7) is 6.23. The molecule has 4 nitrogen and oxygen atoms in total. The van der Waals surface area contributed by atoms with E-state index in [1.54, 1.807) is 31.4 Å². The summed E-state index contributed by atoms with van der Waals surface area (Å²) in [5, 5.41) is 0. The minimum Gasteiger partial charge on any atom is -0.497 e. The van der Waals surface area contributed by atoms with E-state index in [0.29, 0.717) is 6.61 Å². The first-order chi connectivity index (χ1) is 17.1. The minimum atomic E-state index is -0.362. The molecule has 1 aliphatic heterocycles. The van der Waals surface area contributed by atoms with Crippen LogP contribution in [-0.2, 0) is 4.74 Å². The number of rotatable bonds is 10. The number of ether oxygens (including phenoxy) is 2. The van der Waals surface area contributed by atoms with Crippen molar-refractivity contribution >= 4 is 6.08 Å². The molecule has 3 aromatic carbocycles. The lowest BCUT2D eigenvalue weighted by Gasteiger charge is -2.34. The summed E-state index contributed by atoms with van der Waals surface area (Å²) >= 11 is 0. The molecule has 0 unspecified atom stereocenters. The Bertz CT molecular complexity index is 1030. The van der Waals surface area contributed by atoms with Gasteiger partial charge in [-0.3, -0.25) is 9.80 Å². The van der Waals surface area contributed by atoms with Gasteiger partial charge in [-0.25, -0.2) is 8.78 Å². The van der Waals surface area contributed by atoms with Crippen molar-refractivity contribution in [3.63, 3.8) is 0 Å². The zero-order chi connectivity index (χ0) is 24.5. The van der Waals surface area contributed by atoms with Gasteiger partial charge in [0.05, 0.1) is 13.7 Å². The number of benzene rings is 3. The maximum atomic E-state index is 13.4. The zero-order valence-electron chi connectivity index (χ0n) is 20.1. The van der Waals surface area contributed by atoms with E-state index in [2.05, 4.69) is 28.0 Å². The summed E-state index contributed by atoms with van der Waals surface area (Å²) in [5.41, 5.74) is 2.84. The van der Waals surface area contributed by atoms with E-state index in [9.17, 15) is 8.78 Å². The van der Waals surface area contributed by atoms with E-state index >= 15 is 0 Å². The summed E-state index contributed by atoms with van der Waals surface area (Å²) in [6.07, 6.45) is 3.97. The average Bonchev–Trinajstić information content (AvgIpc) is 2.89. The molecule has 0 saturated carbocycles. The summed E-state index contributed by atoms with van der Waals surface area (Å²) in [7, 11) is 1.68. The van der Waals surface area contributed by atoms with Gasteiger partial charge in [0.25, 0.3) is 0 Å². The number of hydrogen-bond donors (Lipinski definition) is 0. The van der Waals surface area contributed by atoms with Crippen LogP contribution in [0.1, 0.15) is 22.8 Å². The van der Waals surface area contributed by atoms with Crippen LogP contribution in [0.2, 0.25) is 0 Å². The third-order valence-corrected chi connectivity index (χ3v) is 6.27. The van der Waals surface area contributed by atoms with Crippen LogP contribution in [0.25, 0.3) is 6.08 Å². The Balaban J connectivity index is 1.24. The molecule has 0 radical (unpaired) electrons. The fourth-order valence-corrected chi connectivity index (χ4v) is 4.24. The van der Waals surface area contributed by atoms with Crippen LogP contribution in [0.5, 0.6) is 5.75 Å². The van der Waals surface area contributed by atoms with Crippen molar-refractivity contribution in [3.8, 4) is 5.75 Å². The molecule has 1 fully saturated rings. The Labute approximate surface area is 206 Å². The number of methoxy groups -OCH3 is 1. The van der Waals surface area contributed by atoms with E-state index in [0.717, 1.165) is 61.7 Å². The van der Waals surface area contributed by atoms with Gasteiger partial charge in [-0.1, -0.05) is 48.6 Å². The molecule has 1 aliphatic rings. The van der Waals surface area contributed by atoms with Gasteiger partial charge in [0.15, 0.2) is 0 Å². The number of piperazine rings is 1. The van der Waals surface area contributed by atoms with E-state index in [-0.39, 0.29) is 17.7 Å². The second-order valence-corrected chi connectivity index (χ2v) is 8.68. The Kier molecular flexibility index (Phi) is 9.01. The van der Waals surface area contributed by atoms with Crippen molar-refractivity contribution in [1.82, 2.24) is 9.80 Å². The molecule has 0 atom stereocenters. The van der Waals surface area contributed by atoms with Crippen LogP contribution in [0.15, 0.2) is 78.9 Å². The predicted molar refractivity (Wildman–Crippen MR) is 136 cm³/mol. The fraction of sp³-hybridized carbons (Fsp3) is 0.310. The Morgan fingerprint density at radius 2 is 1.43 bits per heavy atom. The molecule has 1 saturated heterocycles. The van der Waals surface area contributed by atoms with E-state index in [4.69, 9.17) is 9.47 Å². The smallest absolute Gasteiger partial charge is 0.123 e. The van der Waals surface area contributed by atoms with Crippen molar-refractivity contribution in [2.24, 2.45) is 0 Å². The second kappa shape index (κ2) is 12.6. The Morgan fingerprint density at radius 1 is 0.829 bits per heavy atom. The summed E-state index contributed by atoms with van der Waals surface area (Å²) in [4.78, 5) is 4.84. The predicted octanol–water partition coefficient (Wildman–Crippen LogP) is 5.41. The lowest BCUT2D eigenvalue weighted by atomic mass is 10.0. The third kappa shape index (κ3) is 7.46. The topological polar surface area (TPSA) is 24.9 Å². The van der Waals surface area contributed by atoms with E-state index < -0.39 is 0 Å². The molecule has 3 aromatic rings. The lowest BCUT2D eigenvalue weighted by molar-refractivity contribution is 0.0467. The van der Waals surface area contributed by atoms with Gasteiger partial charge in [-0.2, -0.15) is 0 Å². The molecule has 0 aliphatic carbocycles. The highest BCUT2D eigenvalue weighted by molar-refractivity contribution is 5.51. The highest BCUT2D eigenvalue weighted by Crippen LogP contribution is 2.26. The molecule has 4 rings (SSSR count). The van der Waals surface area contributed by atoms with E-state index in [1.165, 1.54) is 24.3 Å². The van der Waals surface area contributed by atoms with Crippen LogP contribution in [0.4, 0.5) is 8.78 Å². The monoisotopic (exact) mass is 478 g/mol. The largest absolute Gasteiger partial charge is 0.497 e. The highest BCUT2D eigenvalue weighted by Gasteiger charge is 2.18. The van der Waals surface area contributed by atoms with Gasteiger partial charge < -0.3 is 9.47 Å². The number of nitrogens with zero attached hydrogens (tertiary/aromatic N) is 2. The first-order valence-electron chi connectivity index (χ1n) is 12.0. The van der Waals surface area contributed by atoms with Gasteiger partial charge in [-0.15, -0.1) is 0 Å². The SMILES string of the molecule is COc1cccc(/C=C/CN2CCN(CCOC(c3ccc(F)cc3)c3ccc(F)cc3)CC2)c1. The fourth-order valence-electron chi connectivity index (χ4n) is 4.24. The summed E-state index contributed by atoms with van der Waals surface area (Å²) < 4.78 is 38.3. The van der Waals surface area contributed by atoms with Gasteiger partial charge in [-0.05, 0) is 53.1 Å². The molecule has 184 valence electrons. The van der Waals surface area contributed by atoms with Gasteiger partial charge in [0, 0.05) is 39.3 Å². The number of hydrogen-bond acceptors (Lipinski definition) is 4. The molecule has 0 amide bonds. The molecule has 35 heavy (non-hydrogen) atoms. The van der Waals surface area contributed by atoms with Crippen LogP contribution in [0, 0.1) is 11.6 Å². The molecule has 6 heteroatoms. The van der Waals surface area contributed by atoms with Gasteiger partial charge in [0.1, 0.15) is 23.5 Å². The van der Waals surface area contributed by atoms with Crippen LogP contribution < -0.4 is 4.74 Å². The first kappa shape index (κ1) is 25.0. The molecule has 0 aromatic heterocycles. The Hall–Kier alpha value is -3.06. The molecule has 1 heterocycles. The first-order valence-corrected chi connectivity index (χ1v) is 12.0. The van der Waals surface area contributed by atoms with Crippen LogP contribution in [0.3, 0.4) is 0 Å². The molecule has 0 spiro atoms. The number of halogens is 2. The quantitative estimate of drug-likeness (QED) is 0.389. The van der Waals surface area contributed by atoms with E-state index in [1.807, 2.05) is 18.2 Å². The Morgan fingerprint density at radius 3 is 2.03 bits per heavy atom. The van der Waals surface area contributed by atoms with Gasteiger partial charge >= 0.3 is 0 Å². The van der Waals surface area contributed by atoms with Crippen molar-refractivity contribution in [3.05, 3.63) is 107 Å². The maximum Gasteiger partial charge on any atom is 0.123 e. The lowest BCUT2D eigenvalue weighted by Crippen LogP contribution is -2.47. The normalized spacial score (nSPS) is 15.2. The molecular formula is C29H32F2N2O2. The standard InChI is InChI=1S/C29H32F2N2O2/c1-34-28-6-2-4-23(22-28)5-3-15-32-16-18-33(19-17-32)20-21-35-29(24-7-11-26(30)12-8-24)25-9-13-27(31)14-10-25/h2-14,22,29H,15-21H2,1H3/b5-3+. The van der Waals surface area contributed by atoms with Crippen molar-refractivity contribution < 1.29 is 18.3 Å². The zero-order valence-corrected chi connectivity index (χ0v) is 20.1. The van der Waals surface area contributed by atoms with Crippen molar-refractivity contribution in [1.29, 1.82) is 0 Å². The van der Waals surface area contributed by atoms with Crippen molar-refractivity contribution in [2.75, 3.05) is 53.0 Å². The average molecular weight is 479 g/mol. The second-order valence-electron chi connectivity index (χ2n) is 8.68. The molecular weight excluding hydrogens is 446 g/mol. The van der Waals surface area contributed by atoms with Gasteiger partial charge in [0.2, 0.25) is 0 Å². The summed E-state index contributed by atoms with van der Waals surface area (Å²) in [6, 6.07) is 20.6. The molecule has 0 N–H and O–H groups in total. The third-order valence-electron chi connectivity index (χ3n) is 6.27. The van der Waals surface area contributed by atoms with Crippen LogP contribution >= 0.6 is 0 Å². The minimum absolute atomic E-state index is 0.289. The van der Waals surface area contributed by atoms with Crippen molar-refractivity contribution in [2.45, 2.75) is 6.10 Å².